The molecule has 2 unspecified atom stereocenters. The molecule has 4 heteroatoms. The van der Waals surface area contributed by atoms with Gasteiger partial charge < -0.3 is 15.7 Å². The standard InChI is InChI=1S/C12H24N2O2/c1-3-10(15)5-8-14-11(16)12(2)6-4-7-13-9-12/h10,13,15H,3-9H2,1-2H3,(H,14,16). The molecule has 1 rings (SSSR count). The zero-order chi connectivity index (χ0) is 12.0. The number of rotatable bonds is 5. The van der Waals surface area contributed by atoms with Gasteiger partial charge in [0.2, 0.25) is 5.91 Å². The number of carbonyl (C=O) groups excluding carboxylic acids is 1. The molecule has 94 valence electrons. The predicted octanol–water partition coefficient (Wildman–Crippen LogP) is 0.653. The minimum atomic E-state index is -0.294. The molecule has 3 N–H and O–H groups in total. The molecule has 1 aliphatic rings. The lowest BCUT2D eigenvalue weighted by Gasteiger charge is -2.32. The number of nitrogens with one attached hydrogen (secondary N) is 2. The van der Waals surface area contributed by atoms with Gasteiger partial charge in [0, 0.05) is 13.1 Å². The Morgan fingerprint density at radius 1 is 1.62 bits per heavy atom. The van der Waals surface area contributed by atoms with Gasteiger partial charge in [-0.05, 0) is 39.2 Å². The first-order valence-electron chi connectivity index (χ1n) is 6.25. The highest BCUT2D eigenvalue weighted by molar-refractivity contribution is 5.82. The van der Waals surface area contributed by atoms with E-state index in [1.54, 1.807) is 0 Å². The van der Waals surface area contributed by atoms with Crippen LogP contribution in [0.15, 0.2) is 0 Å². The molecule has 2 atom stereocenters. The van der Waals surface area contributed by atoms with E-state index in [-0.39, 0.29) is 17.4 Å². The van der Waals surface area contributed by atoms with E-state index in [0.29, 0.717) is 13.0 Å². The molecule has 1 heterocycles. The van der Waals surface area contributed by atoms with Crippen LogP contribution in [0, 0.1) is 5.41 Å². The van der Waals surface area contributed by atoms with Crippen LogP contribution in [0.2, 0.25) is 0 Å². The summed E-state index contributed by atoms with van der Waals surface area (Å²) in [5.41, 5.74) is -0.268. The summed E-state index contributed by atoms with van der Waals surface area (Å²) in [6.45, 7) is 6.29. The van der Waals surface area contributed by atoms with E-state index >= 15 is 0 Å². The van der Waals surface area contributed by atoms with E-state index in [0.717, 1.165) is 32.4 Å². The van der Waals surface area contributed by atoms with Gasteiger partial charge in [-0.1, -0.05) is 6.92 Å². The van der Waals surface area contributed by atoms with Gasteiger partial charge in [0.15, 0.2) is 0 Å². The van der Waals surface area contributed by atoms with Crippen molar-refractivity contribution in [3.63, 3.8) is 0 Å². The molecule has 4 nitrogen and oxygen atoms in total. The van der Waals surface area contributed by atoms with Crippen LogP contribution in [0.1, 0.15) is 39.5 Å². The van der Waals surface area contributed by atoms with Crippen molar-refractivity contribution in [2.45, 2.75) is 45.6 Å². The number of hydrogen-bond donors (Lipinski definition) is 3. The number of hydrogen-bond acceptors (Lipinski definition) is 3. The fourth-order valence-electron chi connectivity index (χ4n) is 2.02. The second-order valence-corrected chi connectivity index (χ2v) is 4.95. The largest absolute Gasteiger partial charge is 0.393 e. The normalized spacial score (nSPS) is 27.4. The van der Waals surface area contributed by atoms with Gasteiger partial charge in [-0.3, -0.25) is 4.79 Å². The van der Waals surface area contributed by atoms with Crippen molar-refractivity contribution in [1.29, 1.82) is 0 Å². The van der Waals surface area contributed by atoms with Gasteiger partial charge in [0.1, 0.15) is 0 Å². The van der Waals surface area contributed by atoms with Crippen LogP contribution in [0.5, 0.6) is 0 Å². The van der Waals surface area contributed by atoms with Gasteiger partial charge in [-0.2, -0.15) is 0 Å². The number of carbonyl (C=O) groups is 1. The summed E-state index contributed by atoms with van der Waals surface area (Å²) in [6, 6.07) is 0. The SMILES string of the molecule is CCC(O)CCNC(=O)C1(C)CCCNC1. The van der Waals surface area contributed by atoms with E-state index in [1.165, 1.54) is 0 Å². The molecule has 0 aromatic carbocycles. The monoisotopic (exact) mass is 228 g/mol. The van der Waals surface area contributed by atoms with Gasteiger partial charge in [-0.25, -0.2) is 0 Å². The fourth-order valence-corrected chi connectivity index (χ4v) is 2.02. The van der Waals surface area contributed by atoms with Crippen LogP contribution in [0.25, 0.3) is 0 Å². The van der Waals surface area contributed by atoms with Crippen LogP contribution >= 0.6 is 0 Å². The molecule has 0 saturated carbocycles. The lowest BCUT2D eigenvalue weighted by molar-refractivity contribution is -0.131. The number of aliphatic hydroxyl groups is 1. The van der Waals surface area contributed by atoms with Crippen molar-refractivity contribution in [2.24, 2.45) is 5.41 Å². The maximum absolute atomic E-state index is 12.0. The Kier molecular flexibility index (Phi) is 5.22. The minimum Gasteiger partial charge on any atom is -0.393 e. The van der Waals surface area contributed by atoms with Crippen LogP contribution in [0.3, 0.4) is 0 Å². The van der Waals surface area contributed by atoms with Crippen LogP contribution < -0.4 is 10.6 Å². The summed E-state index contributed by atoms with van der Waals surface area (Å²) in [7, 11) is 0. The summed E-state index contributed by atoms with van der Waals surface area (Å²) in [6.07, 6.45) is 3.10. The third-order valence-electron chi connectivity index (χ3n) is 3.38. The molecule has 0 spiro atoms. The molecule has 0 aromatic rings. The van der Waals surface area contributed by atoms with E-state index < -0.39 is 0 Å². The first kappa shape index (κ1) is 13.5. The van der Waals surface area contributed by atoms with Gasteiger partial charge in [-0.15, -0.1) is 0 Å². The Morgan fingerprint density at radius 3 is 2.94 bits per heavy atom. The second-order valence-electron chi connectivity index (χ2n) is 4.95. The molecular formula is C12H24N2O2. The zero-order valence-corrected chi connectivity index (χ0v) is 10.4. The summed E-state index contributed by atoms with van der Waals surface area (Å²) >= 11 is 0. The second kappa shape index (κ2) is 6.21. The van der Waals surface area contributed by atoms with E-state index in [2.05, 4.69) is 10.6 Å². The molecule has 16 heavy (non-hydrogen) atoms. The van der Waals surface area contributed by atoms with Crippen molar-refractivity contribution in [3.05, 3.63) is 0 Å². The first-order chi connectivity index (χ1) is 7.58. The van der Waals surface area contributed by atoms with Crippen LogP contribution in [-0.2, 0) is 4.79 Å². The van der Waals surface area contributed by atoms with Gasteiger partial charge in [0.25, 0.3) is 0 Å². The third kappa shape index (κ3) is 3.76. The molecule has 0 radical (unpaired) electrons. The highest BCUT2D eigenvalue weighted by atomic mass is 16.3. The Hall–Kier alpha value is -0.610. The summed E-state index contributed by atoms with van der Waals surface area (Å²) in [5.74, 6) is 0.114. The summed E-state index contributed by atoms with van der Waals surface area (Å²) in [4.78, 5) is 12.0. The summed E-state index contributed by atoms with van der Waals surface area (Å²) in [5, 5.41) is 15.6. The van der Waals surface area contributed by atoms with Crippen molar-refractivity contribution in [1.82, 2.24) is 10.6 Å². The van der Waals surface area contributed by atoms with Crippen molar-refractivity contribution < 1.29 is 9.90 Å². The number of piperidine rings is 1. The van der Waals surface area contributed by atoms with Gasteiger partial charge in [0.05, 0.1) is 11.5 Å². The molecular weight excluding hydrogens is 204 g/mol. The van der Waals surface area contributed by atoms with Crippen molar-refractivity contribution in [3.8, 4) is 0 Å². The summed E-state index contributed by atoms with van der Waals surface area (Å²) < 4.78 is 0. The molecule has 0 aliphatic carbocycles. The molecule has 1 saturated heterocycles. The highest BCUT2D eigenvalue weighted by Crippen LogP contribution is 2.25. The average Bonchev–Trinajstić information content (AvgIpc) is 2.29. The molecule has 0 aromatic heterocycles. The maximum Gasteiger partial charge on any atom is 0.227 e. The Balaban J connectivity index is 2.28. The van der Waals surface area contributed by atoms with Crippen molar-refractivity contribution >= 4 is 5.91 Å². The number of aliphatic hydroxyl groups excluding tert-OH is 1. The minimum absolute atomic E-state index is 0.114. The average molecular weight is 228 g/mol. The van der Waals surface area contributed by atoms with Crippen molar-refractivity contribution in [2.75, 3.05) is 19.6 Å². The lowest BCUT2D eigenvalue weighted by atomic mass is 9.82. The molecule has 1 fully saturated rings. The first-order valence-corrected chi connectivity index (χ1v) is 6.25. The van der Waals surface area contributed by atoms with E-state index in [4.69, 9.17) is 0 Å². The number of amides is 1. The van der Waals surface area contributed by atoms with Gasteiger partial charge >= 0.3 is 0 Å². The Labute approximate surface area is 97.8 Å². The topological polar surface area (TPSA) is 61.4 Å². The maximum atomic E-state index is 12.0. The fraction of sp³-hybridized carbons (Fsp3) is 0.917. The van der Waals surface area contributed by atoms with E-state index in [1.807, 2.05) is 13.8 Å². The highest BCUT2D eigenvalue weighted by Gasteiger charge is 2.34. The smallest absolute Gasteiger partial charge is 0.227 e. The predicted molar refractivity (Wildman–Crippen MR) is 64.1 cm³/mol. The third-order valence-corrected chi connectivity index (χ3v) is 3.38. The molecule has 0 bridgehead atoms. The lowest BCUT2D eigenvalue weighted by Crippen LogP contribution is -2.49. The van der Waals surface area contributed by atoms with Crippen LogP contribution in [-0.4, -0.2) is 36.8 Å². The molecule has 1 amide bonds. The quantitative estimate of drug-likeness (QED) is 0.647. The molecule has 1 aliphatic heterocycles. The Bertz CT molecular complexity index is 225. The zero-order valence-electron chi connectivity index (χ0n) is 10.4. The van der Waals surface area contributed by atoms with E-state index in [9.17, 15) is 9.90 Å². The Morgan fingerprint density at radius 2 is 2.38 bits per heavy atom. The van der Waals surface area contributed by atoms with Crippen LogP contribution in [0.4, 0.5) is 0 Å².